The first-order valence-electron chi connectivity index (χ1n) is 8.52. The topological polar surface area (TPSA) is 47.4 Å². The highest BCUT2D eigenvalue weighted by molar-refractivity contribution is 5.78. The Labute approximate surface area is 136 Å². The number of amides is 1. The lowest BCUT2D eigenvalue weighted by Crippen LogP contribution is -2.47. The van der Waals surface area contributed by atoms with Gasteiger partial charge in [0.1, 0.15) is 0 Å². The minimum absolute atomic E-state index is 0.228. The Morgan fingerprint density at radius 2 is 2.13 bits per heavy atom. The Hall–Kier alpha value is -1.88. The van der Waals surface area contributed by atoms with Crippen molar-refractivity contribution in [1.29, 1.82) is 0 Å². The summed E-state index contributed by atoms with van der Waals surface area (Å²) in [5.41, 5.74) is 1.39. The highest BCUT2D eigenvalue weighted by Gasteiger charge is 2.41. The van der Waals surface area contributed by atoms with Gasteiger partial charge in [0.2, 0.25) is 5.91 Å². The van der Waals surface area contributed by atoms with Crippen molar-refractivity contribution in [2.45, 2.75) is 32.2 Å². The molecule has 2 aromatic rings. The summed E-state index contributed by atoms with van der Waals surface area (Å²) in [6.45, 7) is 4.20. The van der Waals surface area contributed by atoms with Gasteiger partial charge in [-0.05, 0) is 25.3 Å². The lowest BCUT2D eigenvalue weighted by Gasteiger charge is -2.39. The molecule has 2 fully saturated rings. The summed E-state index contributed by atoms with van der Waals surface area (Å²) in [6, 6.07) is 8.25. The van der Waals surface area contributed by atoms with E-state index in [-0.39, 0.29) is 5.41 Å². The molecule has 0 aliphatic carbocycles. The van der Waals surface area contributed by atoms with Crippen molar-refractivity contribution >= 4 is 16.8 Å². The number of carbonyl (C=O) groups excluding carboxylic acids is 1. The van der Waals surface area contributed by atoms with Crippen LogP contribution in [0.25, 0.3) is 10.9 Å². The van der Waals surface area contributed by atoms with Crippen molar-refractivity contribution in [1.82, 2.24) is 14.7 Å². The van der Waals surface area contributed by atoms with E-state index in [9.17, 15) is 4.79 Å². The van der Waals surface area contributed by atoms with Gasteiger partial charge >= 0.3 is 0 Å². The lowest BCUT2D eigenvalue weighted by molar-refractivity contribution is -0.137. The Kier molecular flexibility index (Phi) is 3.81. The van der Waals surface area contributed by atoms with Gasteiger partial charge in [0.15, 0.2) is 0 Å². The number of aryl methyl sites for hydroxylation is 1. The van der Waals surface area contributed by atoms with Crippen LogP contribution < -0.4 is 0 Å². The monoisotopic (exact) mass is 313 g/mol. The predicted molar refractivity (Wildman–Crippen MR) is 88.0 cm³/mol. The quantitative estimate of drug-likeness (QED) is 0.871. The number of hydrogen-bond acceptors (Lipinski definition) is 3. The summed E-state index contributed by atoms with van der Waals surface area (Å²) in [6.07, 6.45) is 5.61. The fourth-order valence-corrected chi connectivity index (χ4v) is 3.89. The highest BCUT2D eigenvalue weighted by atomic mass is 16.5. The van der Waals surface area contributed by atoms with E-state index in [1.54, 1.807) is 0 Å². The van der Waals surface area contributed by atoms with Crippen LogP contribution in [0, 0.1) is 5.41 Å². The van der Waals surface area contributed by atoms with E-state index < -0.39 is 0 Å². The molecule has 4 rings (SSSR count). The molecule has 0 unspecified atom stereocenters. The number of ether oxygens (including phenoxy) is 1. The molecule has 122 valence electrons. The van der Waals surface area contributed by atoms with Gasteiger partial charge in [-0.25, -0.2) is 0 Å². The van der Waals surface area contributed by atoms with Gasteiger partial charge in [-0.1, -0.05) is 18.2 Å². The van der Waals surface area contributed by atoms with Crippen LogP contribution in [-0.2, 0) is 16.1 Å². The number of nitrogens with zero attached hydrogens (tertiary/aromatic N) is 3. The van der Waals surface area contributed by atoms with Crippen LogP contribution in [0.2, 0.25) is 0 Å². The molecular weight excluding hydrogens is 290 g/mol. The Balaban J connectivity index is 1.37. The third kappa shape index (κ3) is 2.85. The number of hydrogen-bond donors (Lipinski definition) is 0. The molecular formula is C18H23N3O2. The number of likely N-dealkylation sites (tertiary alicyclic amines) is 1. The van der Waals surface area contributed by atoms with Crippen LogP contribution in [0.4, 0.5) is 0 Å². The molecule has 0 saturated carbocycles. The standard InChI is InChI=1S/C18H23N3O2/c22-17-6-7-18(8-11-23-14-18)13-20(17)9-3-10-21-16-5-2-1-4-15(16)12-19-21/h1-2,4-5,12H,3,6-11,13-14H2/t18-/m0/s1. The minimum Gasteiger partial charge on any atom is -0.381 e. The molecule has 0 bridgehead atoms. The Bertz CT molecular complexity index is 703. The van der Waals surface area contributed by atoms with E-state index in [4.69, 9.17) is 4.74 Å². The number of piperidine rings is 1. The fraction of sp³-hybridized carbons (Fsp3) is 0.556. The number of fused-ring (bicyclic) bond motifs is 1. The first-order valence-corrected chi connectivity index (χ1v) is 8.52. The highest BCUT2D eigenvalue weighted by Crippen LogP contribution is 2.38. The molecule has 1 aromatic heterocycles. The lowest BCUT2D eigenvalue weighted by atomic mass is 9.79. The van der Waals surface area contributed by atoms with Crippen LogP contribution in [0.5, 0.6) is 0 Å². The maximum atomic E-state index is 12.2. The van der Waals surface area contributed by atoms with Crippen molar-refractivity contribution in [2.75, 3.05) is 26.3 Å². The average molecular weight is 313 g/mol. The van der Waals surface area contributed by atoms with E-state index in [2.05, 4.69) is 17.2 Å². The van der Waals surface area contributed by atoms with Crippen molar-refractivity contribution in [3.63, 3.8) is 0 Å². The SMILES string of the molecule is O=C1CC[C@]2(CCOC2)CN1CCCn1ncc2ccccc21. The zero-order chi connectivity index (χ0) is 15.7. The zero-order valence-electron chi connectivity index (χ0n) is 13.4. The van der Waals surface area contributed by atoms with Gasteiger partial charge in [0.05, 0.1) is 18.3 Å². The first kappa shape index (κ1) is 14.7. The molecule has 5 nitrogen and oxygen atoms in total. The minimum atomic E-state index is 0.228. The number of benzene rings is 1. The van der Waals surface area contributed by atoms with E-state index in [1.165, 1.54) is 5.39 Å². The summed E-state index contributed by atoms with van der Waals surface area (Å²) in [7, 11) is 0. The third-order valence-electron chi connectivity index (χ3n) is 5.28. The number of rotatable bonds is 4. The summed E-state index contributed by atoms with van der Waals surface area (Å²) in [5, 5.41) is 5.63. The number of carbonyl (C=O) groups is 1. The Morgan fingerprint density at radius 3 is 3.00 bits per heavy atom. The summed E-state index contributed by atoms with van der Waals surface area (Å²) in [5.74, 6) is 0.299. The summed E-state index contributed by atoms with van der Waals surface area (Å²) in [4.78, 5) is 14.2. The number of aromatic nitrogens is 2. The normalized spacial score (nSPS) is 24.9. The molecule has 3 heterocycles. The number of para-hydroxylation sites is 1. The van der Waals surface area contributed by atoms with E-state index in [0.717, 1.165) is 57.6 Å². The summed E-state index contributed by atoms with van der Waals surface area (Å²) >= 11 is 0. The Morgan fingerprint density at radius 1 is 1.22 bits per heavy atom. The van der Waals surface area contributed by atoms with Crippen LogP contribution in [0.1, 0.15) is 25.7 Å². The van der Waals surface area contributed by atoms with Crippen molar-refractivity contribution in [3.8, 4) is 0 Å². The third-order valence-corrected chi connectivity index (χ3v) is 5.28. The predicted octanol–water partition coefficient (Wildman–Crippen LogP) is 2.46. The average Bonchev–Trinajstić information content (AvgIpc) is 3.19. The van der Waals surface area contributed by atoms with Crippen LogP contribution in [0.3, 0.4) is 0 Å². The molecule has 5 heteroatoms. The molecule has 1 atom stereocenters. The summed E-state index contributed by atoms with van der Waals surface area (Å²) < 4.78 is 7.62. The van der Waals surface area contributed by atoms with E-state index >= 15 is 0 Å². The second kappa shape index (κ2) is 5.96. The van der Waals surface area contributed by atoms with Crippen LogP contribution >= 0.6 is 0 Å². The van der Waals surface area contributed by atoms with Crippen molar-refractivity contribution < 1.29 is 9.53 Å². The molecule has 2 aliphatic heterocycles. The smallest absolute Gasteiger partial charge is 0.222 e. The maximum absolute atomic E-state index is 12.2. The first-order chi connectivity index (χ1) is 11.3. The van der Waals surface area contributed by atoms with Gasteiger partial charge in [-0.2, -0.15) is 5.10 Å². The largest absolute Gasteiger partial charge is 0.381 e. The van der Waals surface area contributed by atoms with Crippen LogP contribution in [-0.4, -0.2) is 46.9 Å². The van der Waals surface area contributed by atoms with Crippen molar-refractivity contribution in [2.24, 2.45) is 5.41 Å². The zero-order valence-corrected chi connectivity index (χ0v) is 13.4. The van der Waals surface area contributed by atoms with Crippen LogP contribution in [0.15, 0.2) is 30.5 Å². The van der Waals surface area contributed by atoms with E-state index in [1.807, 2.05) is 27.9 Å². The molecule has 1 aromatic carbocycles. The van der Waals surface area contributed by atoms with Gasteiger partial charge < -0.3 is 9.64 Å². The van der Waals surface area contributed by atoms with E-state index in [0.29, 0.717) is 12.3 Å². The van der Waals surface area contributed by atoms with Crippen molar-refractivity contribution in [3.05, 3.63) is 30.5 Å². The van der Waals surface area contributed by atoms with Gasteiger partial charge in [-0.15, -0.1) is 0 Å². The van der Waals surface area contributed by atoms with Gasteiger partial charge in [0, 0.05) is 43.5 Å². The second-order valence-electron chi connectivity index (χ2n) is 6.90. The molecule has 0 N–H and O–H groups in total. The molecule has 23 heavy (non-hydrogen) atoms. The van der Waals surface area contributed by atoms with Gasteiger partial charge in [-0.3, -0.25) is 9.48 Å². The molecule has 1 spiro atoms. The molecule has 0 radical (unpaired) electrons. The molecule has 2 saturated heterocycles. The fourth-order valence-electron chi connectivity index (χ4n) is 3.89. The maximum Gasteiger partial charge on any atom is 0.222 e. The molecule has 1 amide bonds. The molecule has 2 aliphatic rings. The van der Waals surface area contributed by atoms with Gasteiger partial charge in [0.25, 0.3) is 0 Å². The second-order valence-corrected chi connectivity index (χ2v) is 6.90.